The quantitative estimate of drug-likeness (QED) is 0.593. The first kappa shape index (κ1) is 21.5. The van der Waals surface area contributed by atoms with Crippen molar-refractivity contribution in [1.29, 1.82) is 0 Å². The first-order valence-corrected chi connectivity index (χ1v) is 11.1. The molecule has 1 fully saturated rings. The van der Waals surface area contributed by atoms with Gasteiger partial charge >= 0.3 is 0 Å². The van der Waals surface area contributed by atoms with Gasteiger partial charge in [0.15, 0.2) is 0 Å². The van der Waals surface area contributed by atoms with Gasteiger partial charge < -0.3 is 15.5 Å². The molecule has 2 aliphatic rings. The van der Waals surface area contributed by atoms with Crippen LogP contribution < -0.4 is 15.5 Å². The van der Waals surface area contributed by atoms with E-state index in [-0.39, 0.29) is 24.3 Å². The Balaban J connectivity index is 1.47. The highest BCUT2D eigenvalue weighted by Gasteiger charge is 2.52. The van der Waals surface area contributed by atoms with Gasteiger partial charge in [0.25, 0.3) is 5.92 Å². The van der Waals surface area contributed by atoms with E-state index in [0.717, 1.165) is 28.3 Å². The maximum absolute atomic E-state index is 13.6. The van der Waals surface area contributed by atoms with Crippen LogP contribution >= 0.6 is 0 Å². The number of anilines is 4. The third kappa shape index (κ3) is 3.77. The van der Waals surface area contributed by atoms with Gasteiger partial charge in [0.05, 0.1) is 5.69 Å². The average molecular weight is 455 g/mol. The number of benzene rings is 1. The maximum Gasteiger partial charge on any atom is 0.252 e. The van der Waals surface area contributed by atoms with Gasteiger partial charge in [-0.05, 0) is 37.6 Å². The number of hydrogen-bond acceptors (Lipinski definition) is 7. The number of halogens is 2. The van der Waals surface area contributed by atoms with Gasteiger partial charge in [-0.3, -0.25) is 0 Å². The normalized spacial score (nSPS) is 18.7. The van der Waals surface area contributed by atoms with E-state index in [0.29, 0.717) is 24.1 Å². The highest BCUT2D eigenvalue weighted by molar-refractivity contribution is 5.71. The highest BCUT2D eigenvalue weighted by Crippen LogP contribution is 2.49. The fourth-order valence-electron chi connectivity index (χ4n) is 4.83. The standard InChI is InChI=1S/C23H28F2N8/c1-13-8-15(6-7-17(13)33-12-27-14(2)31-33)28-21-29-19(26-5)18-20(30-21)32(11-22(18,3)4)16-9-23(24,25)10-16/h6-8,12,16H,9-11H2,1-5H3,(H2,26,28,29,30). The Hall–Kier alpha value is -3.30. The van der Waals surface area contributed by atoms with Crippen LogP contribution in [0.2, 0.25) is 0 Å². The molecule has 1 aliphatic heterocycles. The van der Waals surface area contributed by atoms with Crippen molar-refractivity contribution in [1.82, 2.24) is 24.7 Å². The zero-order chi connectivity index (χ0) is 23.5. The van der Waals surface area contributed by atoms with E-state index in [9.17, 15) is 8.78 Å². The molecule has 1 aliphatic carbocycles. The zero-order valence-corrected chi connectivity index (χ0v) is 19.4. The van der Waals surface area contributed by atoms with Gasteiger partial charge in [-0.1, -0.05) is 13.8 Å². The average Bonchev–Trinajstić information content (AvgIpc) is 3.26. The predicted molar refractivity (Wildman–Crippen MR) is 124 cm³/mol. The minimum atomic E-state index is -2.58. The molecule has 0 atom stereocenters. The van der Waals surface area contributed by atoms with E-state index in [1.54, 1.807) is 11.0 Å². The number of fused-ring (bicyclic) bond motifs is 1. The molecule has 0 saturated heterocycles. The minimum Gasteiger partial charge on any atom is -0.373 e. The van der Waals surface area contributed by atoms with Crippen LogP contribution in [0.1, 0.15) is 43.6 Å². The number of rotatable bonds is 5. The molecule has 0 radical (unpaired) electrons. The van der Waals surface area contributed by atoms with E-state index in [1.807, 2.05) is 44.0 Å². The molecule has 3 heterocycles. The lowest BCUT2D eigenvalue weighted by Crippen LogP contribution is -2.51. The van der Waals surface area contributed by atoms with Crippen molar-refractivity contribution in [3.63, 3.8) is 0 Å². The van der Waals surface area contributed by atoms with Gasteiger partial charge in [-0.2, -0.15) is 15.1 Å². The predicted octanol–water partition coefficient (Wildman–Crippen LogP) is 4.35. The van der Waals surface area contributed by atoms with Crippen LogP contribution in [0, 0.1) is 13.8 Å². The molecule has 33 heavy (non-hydrogen) atoms. The summed E-state index contributed by atoms with van der Waals surface area (Å²) in [6.07, 6.45) is 1.42. The number of nitrogens with one attached hydrogen (secondary N) is 2. The van der Waals surface area contributed by atoms with E-state index in [4.69, 9.17) is 9.97 Å². The minimum absolute atomic E-state index is 0.132. The van der Waals surface area contributed by atoms with Gasteiger partial charge in [0.1, 0.15) is 23.8 Å². The Kier molecular flexibility index (Phi) is 4.80. The molecule has 0 spiro atoms. The zero-order valence-electron chi connectivity index (χ0n) is 19.4. The first-order valence-electron chi connectivity index (χ1n) is 11.1. The van der Waals surface area contributed by atoms with Crippen molar-refractivity contribution in [3.05, 3.63) is 41.5 Å². The lowest BCUT2D eigenvalue weighted by molar-refractivity contribution is -0.0859. The third-order valence-electron chi connectivity index (χ3n) is 6.46. The lowest BCUT2D eigenvalue weighted by Gasteiger charge is -2.42. The molecular weight excluding hydrogens is 426 g/mol. The Bertz CT molecular complexity index is 1210. The molecule has 0 amide bonds. The maximum atomic E-state index is 13.6. The second-order valence-corrected chi connectivity index (χ2v) is 9.64. The molecule has 2 aromatic heterocycles. The number of aromatic nitrogens is 5. The summed E-state index contributed by atoms with van der Waals surface area (Å²) < 4.78 is 29.0. The largest absolute Gasteiger partial charge is 0.373 e. The van der Waals surface area contributed by atoms with Crippen molar-refractivity contribution in [2.45, 2.75) is 57.9 Å². The van der Waals surface area contributed by atoms with Gasteiger partial charge in [-0.15, -0.1) is 0 Å². The van der Waals surface area contributed by atoms with Crippen molar-refractivity contribution >= 4 is 23.3 Å². The molecule has 0 bridgehead atoms. The second-order valence-electron chi connectivity index (χ2n) is 9.64. The van der Waals surface area contributed by atoms with Crippen molar-refractivity contribution in [2.75, 3.05) is 29.1 Å². The molecule has 1 saturated carbocycles. The van der Waals surface area contributed by atoms with E-state index < -0.39 is 5.92 Å². The van der Waals surface area contributed by atoms with Crippen LogP contribution in [0.25, 0.3) is 5.69 Å². The number of alkyl halides is 2. The van der Waals surface area contributed by atoms with E-state index in [1.165, 1.54) is 0 Å². The molecule has 174 valence electrons. The lowest BCUT2D eigenvalue weighted by atomic mass is 9.85. The second kappa shape index (κ2) is 7.36. The summed E-state index contributed by atoms with van der Waals surface area (Å²) >= 11 is 0. The van der Waals surface area contributed by atoms with Crippen LogP contribution in [-0.4, -0.2) is 50.3 Å². The fraction of sp³-hybridized carbons (Fsp3) is 0.478. The topological polar surface area (TPSA) is 83.8 Å². The van der Waals surface area contributed by atoms with Crippen LogP contribution in [0.3, 0.4) is 0 Å². The first-order chi connectivity index (χ1) is 15.6. The summed E-state index contributed by atoms with van der Waals surface area (Å²) in [6.45, 7) is 8.70. The molecule has 5 rings (SSSR count). The summed E-state index contributed by atoms with van der Waals surface area (Å²) in [5.74, 6) is -0.00393. The van der Waals surface area contributed by atoms with Gasteiger partial charge in [-0.25, -0.2) is 18.4 Å². The Morgan fingerprint density at radius 1 is 1.12 bits per heavy atom. The summed E-state index contributed by atoms with van der Waals surface area (Å²) in [6, 6.07) is 5.68. The fourth-order valence-corrected chi connectivity index (χ4v) is 4.83. The van der Waals surface area contributed by atoms with Crippen molar-refractivity contribution < 1.29 is 8.78 Å². The molecule has 1 aromatic carbocycles. The smallest absolute Gasteiger partial charge is 0.252 e. The SMILES string of the molecule is CNc1nc(Nc2ccc(-n3cnc(C)n3)c(C)c2)nc2c1C(C)(C)CN2C1CC(F)(F)C1. The molecule has 10 heteroatoms. The molecule has 8 nitrogen and oxygen atoms in total. The Labute approximate surface area is 191 Å². The summed E-state index contributed by atoms with van der Waals surface area (Å²) in [4.78, 5) is 15.7. The van der Waals surface area contributed by atoms with Crippen molar-refractivity contribution in [2.24, 2.45) is 0 Å². The summed E-state index contributed by atoms with van der Waals surface area (Å²) in [5, 5.41) is 10.8. The summed E-state index contributed by atoms with van der Waals surface area (Å²) in [5.41, 5.74) is 3.50. The Morgan fingerprint density at radius 3 is 2.48 bits per heavy atom. The third-order valence-corrected chi connectivity index (χ3v) is 6.46. The molecule has 0 unspecified atom stereocenters. The van der Waals surface area contributed by atoms with E-state index >= 15 is 0 Å². The number of nitrogens with zero attached hydrogens (tertiary/aromatic N) is 6. The number of hydrogen-bond donors (Lipinski definition) is 2. The van der Waals surface area contributed by atoms with Crippen LogP contribution in [0.5, 0.6) is 0 Å². The van der Waals surface area contributed by atoms with Crippen LogP contribution in [0.15, 0.2) is 24.5 Å². The van der Waals surface area contributed by atoms with Crippen LogP contribution in [-0.2, 0) is 5.41 Å². The monoisotopic (exact) mass is 454 g/mol. The van der Waals surface area contributed by atoms with Crippen molar-refractivity contribution in [3.8, 4) is 5.69 Å². The molecule has 3 aromatic rings. The highest BCUT2D eigenvalue weighted by atomic mass is 19.3. The molecule has 2 N–H and O–H groups in total. The van der Waals surface area contributed by atoms with Gasteiger partial charge in [0.2, 0.25) is 5.95 Å². The van der Waals surface area contributed by atoms with E-state index in [2.05, 4.69) is 34.6 Å². The Morgan fingerprint density at radius 2 is 1.88 bits per heavy atom. The number of aryl methyl sites for hydroxylation is 2. The van der Waals surface area contributed by atoms with Crippen LogP contribution in [0.4, 0.5) is 32.1 Å². The molecular formula is C23H28F2N8. The summed E-state index contributed by atoms with van der Waals surface area (Å²) in [7, 11) is 1.82. The van der Waals surface area contributed by atoms with Gasteiger partial charge in [0, 0.05) is 49.1 Å².